The quantitative estimate of drug-likeness (QED) is 0.838. The molecule has 4 nitrogen and oxygen atoms in total. The zero-order valence-corrected chi connectivity index (χ0v) is 14.7. The van der Waals surface area contributed by atoms with E-state index in [2.05, 4.69) is 22.3 Å². The lowest BCUT2D eigenvalue weighted by atomic mass is 10.0. The maximum atomic E-state index is 11.9. The topological polar surface area (TPSA) is 58.4 Å². The number of carbonyl (C=O) groups is 1. The Morgan fingerprint density at radius 1 is 1.19 bits per heavy atom. The Balaban J connectivity index is 0. The monoisotopic (exact) mass is 335 g/mol. The van der Waals surface area contributed by atoms with Crippen molar-refractivity contribution in [2.75, 3.05) is 20.6 Å². The molecule has 122 valence electrons. The van der Waals surface area contributed by atoms with Crippen molar-refractivity contribution >= 4 is 30.7 Å². The van der Waals surface area contributed by atoms with Crippen LogP contribution in [0.5, 0.6) is 0 Å². The Morgan fingerprint density at radius 2 is 1.71 bits per heavy atom. The highest BCUT2D eigenvalue weighted by Crippen LogP contribution is 2.16. The number of likely N-dealkylation sites (N-methyl/N-ethyl adjacent to an activating group) is 1. The van der Waals surface area contributed by atoms with Crippen molar-refractivity contribution in [2.24, 2.45) is 11.7 Å². The SMILES string of the molecule is CC(C)[C@H](N)C(=O)NCC(c1ccccc1)N(C)C.Cl.Cl. The zero-order valence-electron chi connectivity index (χ0n) is 13.1. The summed E-state index contributed by atoms with van der Waals surface area (Å²) in [5, 5.41) is 2.94. The normalized spacial score (nSPS) is 13.1. The Hall–Kier alpha value is -0.810. The van der Waals surface area contributed by atoms with Crippen molar-refractivity contribution in [2.45, 2.75) is 25.9 Å². The second-order valence-corrected chi connectivity index (χ2v) is 5.41. The van der Waals surface area contributed by atoms with Gasteiger partial charge >= 0.3 is 0 Å². The lowest BCUT2D eigenvalue weighted by Gasteiger charge is -2.26. The van der Waals surface area contributed by atoms with Crippen LogP contribution in [0.3, 0.4) is 0 Å². The third kappa shape index (κ3) is 7.14. The molecule has 0 aliphatic carbocycles. The predicted octanol–water partition coefficient (Wildman–Crippen LogP) is 2.23. The van der Waals surface area contributed by atoms with Crippen molar-refractivity contribution in [1.82, 2.24) is 10.2 Å². The van der Waals surface area contributed by atoms with Crippen LogP contribution in [0.25, 0.3) is 0 Å². The summed E-state index contributed by atoms with van der Waals surface area (Å²) in [5.74, 6) is 0.0623. The summed E-state index contributed by atoms with van der Waals surface area (Å²) in [6.07, 6.45) is 0. The van der Waals surface area contributed by atoms with E-state index in [1.807, 2.05) is 46.1 Å². The van der Waals surface area contributed by atoms with Gasteiger partial charge in [0.15, 0.2) is 0 Å². The van der Waals surface area contributed by atoms with E-state index in [1.54, 1.807) is 0 Å². The molecule has 0 aromatic heterocycles. The summed E-state index contributed by atoms with van der Waals surface area (Å²) in [6, 6.07) is 9.85. The predicted molar refractivity (Wildman–Crippen MR) is 93.2 cm³/mol. The number of nitrogens with zero attached hydrogens (tertiary/aromatic N) is 1. The minimum atomic E-state index is -0.446. The van der Waals surface area contributed by atoms with Crippen LogP contribution >= 0.6 is 24.8 Å². The Morgan fingerprint density at radius 3 is 2.14 bits per heavy atom. The van der Waals surface area contributed by atoms with Gasteiger partial charge in [0.2, 0.25) is 5.91 Å². The van der Waals surface area contributed by atoms with Gasteiger partial charge < -0.3 is 16.0 Å². The number of benzene rings is 1. The van der Waals surface area contributed by atoms with E-state index >= 15 is 0 Å². The lowest BCUT2D eigenvalue weighted by Crippen LogP contribution is -2.46. The average Bonchev–Trinajstić information content (AvgIpc) is 2.38. The van der Waals surface area contributed by atoms with E-state index in [1.165, 1.54) is 5.56 Å². The summed E-state index contributed by atoms with van der Waals surface area (Å²) in [6.45, 7) is 4.46. The van der Waals surface area contributed by atoms with Crippen LogP contribution in [0, 0.1) is 5.92 Å². The summed E-state index contributed by atoms with van der Waals surface area (Å²) < 4.78 is 0. The first-order chi connectivity index (χ1) is 8.93. The van der Waals surface area contributed by atoms with Crippen LogP contribution in [-0.4, -0.2) is 37.5 Å². The molecule has 6 heteroatoms. The molecule has 0 aliphatic heterocycles. The molecular weight excluding hydrogens is 309 g/mol. The molecule has 0 bridgehead atoms. The number of halogens is 2. The molecule has 0 saturated carbocycles. The molecule has 0 saturated heterocycles. The fourth-order valence-corrected chi connectivity index (χ4v) is 1.89. The second kappa shape index (κ2) is 10.9. The fourth-order valence-electron chi connectivity index (χ4n) is 1.89. The summed E-state index contributed by atoms with van der Waals surface area (Å²) in [4.78, 5) is 14.0. The first-order valence-corrected chi connectivity index (χ1v) is 6.68. The van der Waals surface area contributed by atoms with E-state index < -0.39 is 6.04 Å². The van der Waals surface area contributed by atoms with E-state index in [4.69, 9.17) is 5.73 Å². The molecule has 0 fully saturated rings. The molecule has 1 aromatic rings. The number of nitrogens with one attached hydrogen (secondary N) is 1. The Bertz CT molecular complexity index is 399. The van der Waals surface area contributed by atoms with E-state index in [-0.39, 0.29) is 42.7 Å². The fraction of sp³-hybridized carbons (Fsp3) is 0.533. The third-order valence-electron chi connectivity index (χ3n) is 3.30. The number of amides is 1. The zero-order chi connectivity index (χ0) is 14.4. The van der Waals surface area contributed by atoms with E-state index in [0.717, 1.165) is 0 Å². The standard InChI is InChI=1S/C15H25N3O.2ClH/c1-11(2)14(16)15(19)17-10-13(18(3)4)12-8-6-5-7-9-12;;/h5-9,11,13-14H,10,16H2,1-4H3,(H,17,19);2*1H/t13?,14-;;/m0../s1. The Kier molecular flexibility index (Phi) is 11.6. The highest BCUT2D eigenvalue weighted by Gasteiger charge is 2.20. The van der Waals surface area contributed by atoms with Gasteiger partial charge in [0, 0.05) is 6.54 Å². The van der Waals surface area contributed by atoms with Gasteiger partial charge in [-0.25, -0.2) is 0 Å². The summed E-state index contributed by atoms with van der Waals surface area (Å²) in [5.41, 5.74) is 7.02. The molecule has 0 aliphatic rings. The van der Waals surface area contributed by atoms with Crippen LogP contribution in [0.2, 0.25) is 0 Å². The minimum Gasteiger partial charge on any atom is -0.353 e. The number of rotatable bonds is 6. The molecule has 2 atom stereocenters. The van der Waals surface area contributed by atoms with E-state index in [0.29, 0.717) is 6.54 Å². The van der Waals surface area contributed by atoms with Crippen LogP contribution in [-0.2, 0) is 4.79 Å². The van der Waals surface area contributed by atoms with Crippen LogP contribution in [0.15, 0.2) is 30.3 Å². The molecule has 1 aromatic carbocycles. The maximum Gasteiger partial charge on any atom is 0.237 e. The molecule has 3 N–H and O–H groups in total. The first-order valence-electron chi connectivity index (χ1n) is 6.68. The lowest BCUT2D eigenvalue weighted by molar-refractivity contribution is -0.123. The molecule has 1 unspecified atom stereocenters. The van der Waals surface area contributed by atoms with Crippen LogP contribution < -0.4 is 11.1 Å². The highest BCUT2D eigenvalue weighted by molar-refractivity contribution is 5.85. The van der Waals surface area contributed by atoms with Crippen molar-refractivity contribution < 1.29 is 4.79 Å². The van der Waals surface area contributed by atoms with Crippen molar-refractivity contribution in [3.05, 3.63) is 35.9 Å². The highest BCUT2D eigenvalue weighted by atomic mass is 35.5. The molecule has 0 heterocycles. The number of nitrogens with two attached hydrogens (primary N) is 1. The summed E-state index contributed by atoms with van der Waals surface area (Å²) in [7, 11) is 4.01. The van der Waals surface area contributed by atoms with Gasteiger partial charge in [-0.05, 0) is 25.6 Å². The Labute approximate surface area is 140 Å². The van der Waals surface area contributed by atoms with Gasteiger partial charge in [-0.1, -0.05) is 44.2 Å². The number of carbonyl (C=O) groups excluding carboxylic acids is 1. The average molecular weight is 336 g/mol. The third-order valence-corrected chi connectivity index (χ3v) is 3.30. The minimum absolute atomic E-state index is 0. The van der Waals surface area contributed by atoms with Gasteiger partial charge in [-0.3, -0.25) is 4.79 Å². The first kappa shape index (κ1) is 22.5. The van der Waals surface area contributed by atoms with Gasteiger partial charge in [0.1, 0.15) is 0 Å². The largest absolute Gasteiger partial charge is 0.353 e. The number of hydrogen-bond acceptors (Lipinski definition) is 3. The van der Waals surface area contributed by atoms with Gasteiger partial charge in [0.25, 0.3) is 0 Å². The van der Waals surface area contributed by atoms with Crippen LogP contribution in [0.1, 0.15) is 25.5 Å². The maximum absolute atomic E-state index is 11.9. The summed E-state index contributed by atoms with van der Waals surface area (Å²) >= 11 is 0. The smallest absolute Gasteiger partial charge is 0.237 e. The van der Waals surface area contributed by atoms with Crippen molar-refractivity contribution in [1.29, 1.82) is 0 Å². The number of hydrogen-bond donors (Lipinski definition) is 2. The van der Waals surface area contributed by atoms with Crippen LogP contribution in [0.4, 0.5) is 0 Å². The molecule has 1 amide bonds. The van der Waals surface area contributed by atoms with Gasteiger partial charge in [-0.2, -0.15) is 0 Å². The van der Waals surface area contributed by atoms with Crippen molar-refractivity contribution in [3.8, 4) is 0 Å². The van der Waals surface area contributed by atoms with Gasteiger partial charge in [-0.15, -0.1) is 24.8 Å². The van der Waals surface area contributed by atoms with Crippen molar-refractivity contribution in [3.63, 3.8) is 0 Å². The van der Waals surface area contributed by atoms with Gasteiger partial charge in [0.05, 0.1) is 12.1 Å². The molecule has 21 heavy (non-hydrogen) atoms. The molecule has 0 radical (unpaired) electrons. The second-order valence-electron chi connectivity index (χ2n) is 5.41. The molecule has 0 spiro atoms. The van der Waals surface area contributed by atoms with E-state index in [9.17, 15) is 4.79 Å². The molecular formula is C15H27Cl2N3O. The molecule has 1 rings (SSSR count).